The van der Waals surface area contributed by atoms with Crippen molar-refractivity contribution >= 4 is 37.5 Å². The van der Waals surface area contributed by atoms with Crippen LogP contribution in [0.25, 0.3) is 10.2 Å². The van der Waals surface area contributed by atoms with Crippen LogP contribution >= 0.6 is 11.3 Å². The van der Waals surface area contributed by atoms with Gasteiger partial charge in [-0.15, -0.1) is 11.3 Å². The summed E-state index contributed by atoms with van der Waals surface area (Å²) < 4.78 is 29.7. The smallest absolute Gasteiger partial charge is 0.243 e. The number of amides is 1. The molecular weight excluding hydrogens is 478 g/mol. The van der Waals surface area contributed by atoms with Crippen LogP contribution in [0.15, 0.2) is 52.9 Å². The molecule has 3 aromatic rings. The van der Waals surface area contributed by atoms with Crippen LogP contribution in [0.3, 0.4) is 0 Å². The average Bonchev–Trinajstić information content (AvgIpc) is 3.22. The maximum absolute atomic E-state index is 14.1. The van der Waals surface area contributed by atoms with Crippen molar-refractivity contribution in [2.75, 3.05) is 6.54 Å². The van der Waals surface area contributed by atoms with E-state index in [1.807, 2.05) is 29.5 Å². The SMILES string of the molecule is Cc1ccc(S(=O)(=O)N2CCC[C@H]2C(=O)N(Cc2ccc3scnc3c2)[C@@H]2CC[C@H]3C[C@H]3C2)cc1. The largest absolute Gasteiger partial charge is 0.334 e. The van der Waals surface area contributed by atoms with Crippen LogP contribution in [0.1, 0.15) is 49.7 Å². The highest BCUT2D eigenvalue weighted by Gasteiger charge is 2.47. The third kappa shape index (κ3) is 4.41. The summed E-state index contributed by atoms with van der Waals surface area (Å²) in [6, 6.07) is 12.7. The van der Waals surface area contributed by atoms with Crippen LogP contribution in [0.4, 0.5) is 0 Å². The van der Waals surface area contributed by atoms with Crippen molar-refractivity contribution in [3.05, 3.63) is 59.1 Å². The Balaban J connectivity index is 1.30. The highest BCUT2D eigenvalue weighted by molar-refractivity contribution is 7.89. The van der Waals surface area contributed by atoms with E-state index >= 15 is 0 Å². The molecule has 3 aliphatic rings. The van der Waals surface area contributed by atoms with Gasteiger partial charge in [0.25, 0.3) is 0 Å². The highest BCUT2D eigenvalue weighted by atomic mass is 32.2. The number of hydrogen-bond donors (Lipinski definition) is 0. The molecule has 35 heavy (non-hydrogen) atoms. The van der Waals surface area contributed by atoms with Crippen LogP contribution in [0, 0.1) is 18.8 Å². The Bertz CT molecular complexity index is 1350. The van der Waals surface area contributed by atoms with Gasteiger partial charge in [-0.25, -0.2) is 13.4 Å². The number of carbonyl (C=O) groups is 1. The molecule has 2 heterocycles. The minimum Gasteiger partial charge on any atom is -0.334 e. The highest BCUT2D eigenvalue weighted by Crippen LogP contribution is 2.50. The number of benzene rings is 2. The maximum atomic E-state index is 14.1. The summed E-state index contributed by atoms with van der Waals surface area (Å²) in [5.74, 6) is 1.51. The number of nitrogens with zero attached hydrogens (tertiary/aromatic N) is 3. The van der Waals surface area contributed by atoms with Gasteiger partial charge in [-0.1, -0.05) is 23.8 Å². The number of hydrogen-bond acceptors (Lipinski definition) is 5. The van der Waals surface area contributed by atoms with E-state index in [0.29, 0.717) is 25.9 Å². The summed E-state index contributed by atoms with van der Waals surface area (Å²) >= 11 is 1.61. The van der Waals surface area contributed by atoms with Crippen molar-refractivity contribution in [2.45, 2.75) is 69.0 Å². The fraction of sp³-hybridized carbons (Fsp3) is 0.481. The van der Waals surface area contributed by atoms with Crippen LogP contribution in [-0.4, -0.2) is 47.1 Å². The van der Waals surface area contributed by atoms with E-state index in [1.165, 1.54) is 17.1 Å². The van der Waals surface area contributed by atoms with E-state index < -0.39 is 16.1 Å². The zero-order valence-electron chi connectivity index (χ0n) is 20.0. The fourth-order valence-corrected chi connectivity index (χ4v) is 8.32. The first-order valence-corrected chi connectivity index (χ1v) is 14.9. The second-order valence-corrected chi connectivity index (χ2v) is 13.2. The number of carbonyl (C=O) groups excluding carboxylic acids is 1. The van der Waals surface area contributed by atoms with Gasteiger partial charge in [-0.05, 0) is 87.1 Å². The van der Waals surface area contributed by atoms with E-state index in [2.05, 4.69) is 23.2 Å². The van der Waals surface area contributed by atoms with Crippen LogP contribution in [-0.2, 0) is 21.4 Å². The lowest BCUT2D eigenvalue weighted by atomic mass is 9.93. The van der Waals surface area contributed by atoms with E-state index in [1.54, 1.807) is 23.5 Å². The quantitative estimate of drug-likeness (QED) is 0.470. The van der Waals surface area contributed by atoms with Crippen molar-refractivity contribution in [1.29, 1.82) is 0 Å². The molecule has 2 aliphatic carbocycles. The maximum Gasteiger partial charge on any atom is 0.243 e. The van der Waals surface area contributed by atoms with E-state index in [9.17, 15) is 13.2 Å². The van der Waals surface area contributed by atoms with E-state index in [-0.39, 0.29) is 16.8 Å². The number of thiazole rings is 1. The molecule has 6 rings (SSSR count). The number of fused-ring (bicyclic) bond motifs is 2. The first kappa shape index (κ1) is 23.1. The predicted molar refractivity (Wildman–Crippen MR) is 137 cm³/mol. The topological polar surface area (TPSA) is 70.6 Å². The Morgan fingerprint density at radius 3 is 2.71 bits per heavy atom. The first-order valence-electron chi connectivity index (χ1n) is 12.6. The minimum atomic E-state index is -3.73. The molecular formula is C27H31N3O3S2. The molecule has 8 heteroatoms. The molecule has 6 nitrogen and oxygen atoms in total. The molecule has 2 saturated carbocycles. The van der Waals surface area contributed by atoms with Gasteiger partial charge in [-0.2, -0.15) is 4.31 Å². The predicted octanol–water partition coefficient (Wildman–Crippen LogP) is 4.98. The summed E-state index contributed by atoms with van der Waals surface area (Å²) in [5.41, 5.74) is 4.87. The summed E-state index contributed by atoms with van der Waals surface area (Å²) in [5, 5.41) is 0. The van der Waals surface area contributed by atoms with Crippen molar-refractivity contribution in [1.82, 2.24) is 14.2 Å². The molecule has 1 aromatic heterocycles. The molecule has 0 unspecified atom stereocenters. The monoisotopic (exact) mass is 509 g/mol. The Hall–Kier alpha value is -2.29. The summed E-state index contributed by atoms with van der Waals surface area (Å²) in [6.07, 6.45) is 5.76. The van der Waals surface area contributed by atoms with Crippen LogP contribution < -0.4 is 0 Å². The number of sulfonamides is 1. The minimum absolute atomic E-state index is 0.0411. The molecule has 2 aromatic carbocycles. The van der Waals surface area contributed by atoms with Gasteiger partial charge >= 0.3 is 0 Å². The third-order valence-electron chi connectivity index (χ3n) is 8.10. The van der Waals surface area contributed by atoms with Gasteiger partial charge in [0.15, 0.2) is 0 Å². The van der Waals surface area contributed by atoms with Crippen LogP contribution in [0.5, 0.6) is 0 Å². The van der Waals surface area contributed by atoms with E-state index in [4.69, 9.17) is 0 Å². The second-order valence-electron chi connectivity index (χ2n) is 10.4. The molecule has 0 N–H and O–H groups in total. The Labute approximate surface area is 211 Å². The van der Waals surface area contributed by atoms with Gasteiger partial charge in [0, 0.05) is 19.1 Å². The summed E-state index contributed by atoms with van der Waals surface area (Å²) in [7, 11) is -3.73. The van der Waals surface area contributed by atoms with Gasteiger partial charge in [0.1, 0.15) is 6.04 Å². The fourth-order valence-electron chi connectivity index (χ4n) is 6.01. The van der Waals surface area contributed by atoms with Gasteiger partial charge in [0.2, 0.25) is 15.9 Å². The number of aryl methyl sites for hydroxylation is 1. The first-order chi connectivity index (χ1) is 16.9. The lowest BCUT2D eigenvalue weighted by Gasteiger charge is -2.37. The molecule has 184 valence electrons. The zero-order valence-corrected chi connectivity index (χ0v) is 21.6. The zero-order chi connectivity index (χ0) is 24.2. The lowest BCUT2D eigenvalue weighted by molar-refractivity contribution is -0.138. The molecule has 0 radical (unpaired) electrons. The van der Waals surface area contributed by atoms with Crippen molar-refractivity contribution in [3.63, 3.8) is 0 Å². The Kier molecular flexibility index (Phi) is 5.93. The molecule has 3 fully saturated rings. The van der Waals surface area contributed by atoms with Crippen molar-refractivity contribution in [3.8, 4) is 0 Å². The molecule has 4 atom stereocenters. The molecule has 0 spiro atoms. The normalized spacial score (nSPS) is 26.5. The molecule has 1 amide bonds. The molecule has 1 saturated heterocycles. The van der Waals surface area contributed by atoms with Gasteiger partial charge < -0.3 is 4.90 Å². The molecule has 1 aliphatic heterocycles. The number of rotatable bonds is 6. The average molecular weight is 510 g/mol. The van der Waals surface area contributed by atoms with Gasteiger partial charge in [-0.3, -0.25) is 4.79 Å². The number of aromatic nitrogens is 1. The Morgan fingerprint density at radius 1 is 1.09 bits per heavy atom. The van der Waals surface area contributed by atoms with E-state index in [0.717, 1.165) is 46.0 Å². The Morgan fingerprint density at radius 2 is 1.91 bits per heavy atom. The lowest BCUT2D eigenvalue weighted by Crippen LogP contribution is -2.51. The van der Waals surface area contributed by atoms with Crippen molar-refractivity contribution in [2.24, 2.45) is 11.8 Å². The molecule has 0 bridgehead atoms. The standard InChI is InChI=1S/C27H31N3O3S2/c1-18-4-9-23(10-5-18)35(32,33)30-12-2-3-25(30)27(31)29(22-8-7-20-14-21(20)15-22)16-19-6-11-26-24(13-19)28-17-34-26/h4-6,9-11,13,17,20-22,25H,2-3,7-8,12,14-16H2,1H3/t20-,21-,22+,25-/m0/s1. The summed E-state index contributed by atoms with van der Waals surface area (Å²) in [4.78, 5) is 20.9. The van der Waals surface area contributed by atoms with Gasteiger partial charge in [0.05, 0.1) is 20.6 Å². The van der Waals surface area contributed by atoms with Crippen LogP contribution in [0.2, 0.25) is 0 Å². The third-order valence-corrected chi connectivity index (χ3v) is 10.8. The second kappa shape index (κ2) is 8.98. The van der Waals surface area contributed by atoms with Crippen molar-refractivity contribution < 1.29 is 13.2 Å². The summed E-state index contributed by atoms with van der Waals surface area (Å²) in [6.45, 7) is 2.83.